The molecule has 0 aliphatic heterocycles. The van der Waals surface area contributed by atoms with Gasteiger partial charge in [-0.1, -0.05) is 17.7 Å². The lowest BCUT2D eigenvalue weighted by molar-refractivity contribution is -0.142. The SMILES string of the molecule is CCOC(=O)Cc1nc2cccc(Cl)c2n1C1CC1. The maximum atomic E-state index is 11.7. The third kappa shape index (κ3) is 2.32. The summed E-state index contributed by atoms with van der Waals surface area (Å²) in [4.78, 5) is 16.2. The summed E-state index contributed by atoms with van der Waals surface area (Å²) in [5, 5.41) is 0.687. The van der Waals surface area contributed by atoms with Crippen LogP contribution in [0, 0.1) is 0 Å². The highest BCUT2D eigenvalue weighted by atomic mass is 35.5. The van der Waals surface area contributed by atoms with Crippen LogP contribution in [0.15, 0.2) is 18.2 Å². The molecule has 0 saturated heterocycles. The highest BCUT2D eigenvalue weighted by molar-refractivity contribution is 6.35. The van der Waals surface area contributed by atoms with Gasteiger partial charge < -0.3 is 9.30 Å². The molecule has 1 aliphatic rings. The van der Waals surface area contributed by atoms with Crippen LogP contribution in [0.2, 0.25) is 5.02 Å². The number of hydrogen-bond donors (Lipinski definition) is 0. The highest BCUT2D eigenvalue weighted by Crippen LogP contribution is 2.40. The van der Waals surface area contributed by atoms with Crippen molar-refractivity contribution in [2.45, 2.75) is 32.2 Å². The van der Waals surface area contributed by atoms with E-state index in [0.29, 0.717) is 17.7 Å². The first kappa shape index (κ1) is 12.5. The fourth-order valence-corrected chi connectivity index (χ4v) is 2.61. The molecule has 1 aromatic heterocycles. The zero-order chi connectivity index (χ0) is 13.4. The van der Waals surface area contributed by atoms with Crippen LogP contribution in [-0.2, 0) is 16.0 Å². The number of carbonyl (C=O) groups is 1. The normalized spacial score (nSPS) is 14.8. The highest BCUT2D eigenvalue weighted by Gasteiger charge is 2.29. The molecule has 1 aromatic carbocycles. The predicted octanol–water partition coefficient (Wildman–Crippen LogP) is 3.13. The molecule has 0 unspecified atom stereocenters. The van der Waals surface area contributed by atoms with E-state index in [2.05, 4.69) is 9.55 Å². The minimum absolute atomic E-state index is 0.204. The zero-order valence-electron chi connectivity index (χ0n) is 10.7. The van der Waals surface area contributed by atoms with Gasteiger partial charge in [0, 0.05) is 6.04 Å². The predicted molar refractivity (Wildman–Crippen MR) is 73.4 cm³/mol. The van der Waals surface area contributed by atoms with Crippen LogP contribution >= 0.6 is 11.6 Å². The first-order valence-corrected chi connectivity index (χ1v) is 6.89. The minimum atomic E-state index is -0.240. The Morgan fingerprint density at radius 3 is 3.00 bits per heavy atom. The van der Waals surface area contributed by atoms with E-state index in [1.54, 1.807) is 6.92 Å². The van der Waals surface area contributed by atoms with Gasteiger partial charge in [-0.25, -0.2) is 4.98 Å². The van der Waals surface area contributed by atoms with E-state index >= 15 is 0 Å². The van der Waals surface area contributed by atoms with Crippen LogP contribution in [0.25, 0.3) is 11.0 Å². The summed E-state index contributed by atoms with van der Waals surface area (Å²) in [7, 11) is 0. The molecule has 5 heteroatoms. The molecule has 2 aromatic rings. The van der Waals surface area contributed by atoms with E-state index in [1.165, 1.54) is 0 Å². The maximum Gasteiger partial charge on any atom is 0.313 e. The van der Waals surface area contributed by atoms with Crippen molar-refractivity contribution in [3.8, 4) is 0 Å². The number of benzene rings is 1. The van der Waals surface area contributed by atoms with Gasteiger partial charge in [-0.3, -0.25) is 4.79 Å². The summed E-state index contributed by atoms with van der Waals surface area (Å²) in [6, 6.07) is 6.09. The van der Waals surface area contributed by atoms with Crippen LogP contribution in [-0.4, -0.2) is 22.1 Å². The maximum absolute atomic E-state index is 11.7. The van der Waals surface area contributed by atoms with Crippen molar-refractivity contribution >= 4 is 28.6 Å². The van der Waals surface area contributed by atoms with Gasteiger partial charge in [-0.15, -0.1) is 0 Å². The smallest absolute Gasteiger partial charge is 0.313 e. The number of halogens is 1. The van der Waals surface area contributed by atoms with Gasteiger partial charge in [0.05, 0.1) is 22.7 Å². The van der Waals surface area contributed by atoms with Crippen LogP contribution in [0.5, 0.6) is 0 Å². The molecule has 19 heavy (non-hydrogen) atoms. The number of imidazole rings is 1. The average molecular weight is 279 g/mol. The van der Waals surface area contributed by atoms with Crippen LogP contribution < -0.4 is 0 Å². The topological polar surface area (TPSA) is 44.1 Å². The monoisotopic (exact) mass is 278 g/mol. The van der Waals surface area contributed by atoms with Crippen molar-refractivity contribution in [2.75, 3.05) is 6.61 Å². The van der Waals surface area contributed by atoms with E-state index in [-0.39, 0.29) is 12.4 Å². The lowest BCUT2D eigenvalue weighted by Gasteiger charge is -2.08. The Hall–Kier alpha value is -1.55. The van der Waals surface area contributed by atoms with E-state index in [0.717, 1.165) is 29.7 Å². The molecule has 4 nitrogen and oxygen atoms in total. The third-order valence-electron chi connectivity index (χ3n) is 3.25. The van der Waals surface area contributed by atoms with Crippen molar-refractivity contribution in [3.63, 3.8) is 0 Å². The van der Waals surface area contributed by atoms with Gasteiger partial charge in [0.25, 0.3) is 0 Å². The number of rotatable bonds is 4. The molecule has 1 saturated carbocycles. The van der Waals surface area contributed by atoms with Crippen molar-refractivity contribution < 1.29 is 9.53 Å². The lowest BCUT2D eigenvalue weighted by Crippen LogP contribution is -2.12. The standard InChI is InChI=1S/C14H15ClN2O2/c1-2-19-13(18)8-12-16-11-5-3-4-10(15)14(11)17(12)9-6-7-9/h3-5,9H,2,6-8H2,1H3. The molecule has 0 amide bonds. The van der Waals surface area contributed by atoms with Crippen molar-refractivity contribution in [3.05, 3.63) is 29.0 Å². The number of ether oxygens (including phenoxy) is 1. The first-order valence-electron chi connectivity index (χ1n) is 6.51. The second kappa shape index (κ2) is 4.85. The molecule has 1 heterocycles. The van der Waals surface area contributed by atoms with Crippen LogP contribution in [0.1, 0.15) is 31.6 Å². The summed E-state index contributed by atoms with van der Waals surface area (Å²) in [6.07, 6.45) is 2.44. The van der Waals surface area contributed by atoms with Crippen LogP contribution in [0.4, 0.5) is 0 Å². The summed E-state index contributed by atoms with van der Waals surface area (Å²) < 4.78 is 7.11. The van der Waals surface area contributed by atoms with Gasteiger partial charge in [-0.2, -0.15) is 0 Å². The van der Waals surface area contributed by atoms with Gasteiger partial charge in [0.15, 0.2) is 0 Å². The van der Waals surface area contributed by atoms with Gasteiger partial charge in [0.1, 0.15) is 12.2 Å². The van der Waals surface area contributed by atoms with E-state index in [9.17, 15) is 4.79 Å². The Balaban J connectivity index is 2.06. The molecule has 0 spiro atoms. The van der Waals surface area contributed by atoms with Crippen molar-refractivity contribution in [1.82, 2.24) is 9.55 Å². The third-order valence-corrected chi connectivity index (χ3v) is 3.56. The molecular weight excluding hydrogens is 264 g/mol. The second-order valence-electron chi connectivity index (χ2n) is 4.72. The van der Waals surface area contributed by atoms with Crippen molar-refractivity contribution in [2.24, 2.45) is 0 Å². The summed E-state index contributed by atoms with van der Waals surface area (Å²) in [6.45, 7) is 2.20. The molecule has 3 rings (SSSR count). The summed E-state index contributed by atoms with van der Waals surface area (Å²) in [5.41, 5.74) is 1.78. The van der Waals surface area contributed by atoms with Gasteiger partial charge in [0.2, 0.25) is 0 Å². The number of fused-ring (bicyclic) bond motifs is 1. The number of esters is 1. The molecule has 1 aliphatic carbocycles. The zero-order valence-corrected chi connectivity index (χ0v) is 11.5. The number of hydrogen-bond acceptors (Lipinski definition) is 3. The summed E-state index contributed by atoms with van der Waals surface area (Å²) in [5.74, 6) is 0.514. The van der Waals surface area contributed by atoms with E-state index < -0.39 is 0 Å². The number of para-hydroxylation sites is 1. The van der Waals surface area contributed by atoms with Gasteiger partial charge >= 0.3 is 5.97 Å². The molecule has 0 bridgehead atoms. The number of nitrogens with zero attached hydrogens (tertiary/aromatic N) is 2. The minimum Gasteiger partial charge on any atom is -0.466 e. The Kier molecular flexibility index (Phi) is 3.19. The first-order chi connectivity index (χ1) is 9.20. The Morgan fingerprint density at radius 2 is 2.32 bits per heavy atom. The number of aromatic nitrogens is 2. The largest absolute Gasteiger partial charge is 0.466 e. The Morgan fingerprint density at radius 1 is 1.53 bits per heavy atom. The second-order valence-corrected chi connectivity index (χ2v) is 5.13. The molecule has 100 valence electrons. The molecule has 0 radical (unpaired) electrons. The molecule has 0 atom stereocenters. The van der Waals surface area contributed by atoms with E-state index in [4.69, 9.17) is 16.3 Å². The summed E-state index contributed by atoms with van der Waals surface area (Å²) >= 11 is 6.27. The van der Waals surface area contributed by atoms with Crippen LogP contribution in [0.3, 0.4) is 0 Å². The van der Waals surface area contributed by atoms with E-state index in [1.807, 2.05) is 18.2 Å². The lowest BCUT2D eigenvalue weighted by atomic mass is 10.3. The molecular formula is C14H15ClN2O2. The Labute approximate surface area is 116 Å². The average Bonchev–Trinajstić information content (AvgIpc) is 3.12. The fourth-order valence-electron chi connectivity index (χ4n) is 2.35. The number of carbonyl (C=O) groups excluding carboxylic acids is 1. The molecule has 1 fully saturated rings. The Bertz CT molecular complexity index is 632. The quantitative estimate of drug-likeness (QED) is 0.807. The molecule has 0 N–H and O–H groups in total. The van der Waals surface area contributed by atoms with Gasteiger partial charge in [-0.05, 0) is 31.9 Å². The van der Waals surface area contributed by atoms with Crippen molar-refractivity contribution in [1.29, 1.82) is 0 Å². The fraction of sp³-hybridized carbons (Fsp3) is 0.429.